The molecule has 1 N–H and O–H groups in total. The van der Waals surface area contributed by atoms with E-state index in [0.29, 0.717) is 12.5 Å². The molecular formula is C13H17N3O2S. The molecule has 102 valence electrons. The summed E-state index contributed by atoms with van der Waals surface area (Å²) in [5.41, 5.74) is 0.939. The first-order valence-electron chi connectivity index (χ1n) is 6.49. The molecule has 1 aromatic heterocycles. The molecule has 1 saturated carbocycles. The minimum absolute atomic E-state index is 0.00241. The van der Waals surface area contributed by atoms with Crippen molar-refractivity contribution in [3.8, 4) is 0 Å². The van der Waals surface area contributed by atoms with Crippen LogP contribution < -0.4 is 5.32 Å². The molecule has 1 saturated heterocycles. The summed E-state index contributed by atoms with van der Waals surface area (Å²) in [7, 11) is 0. The van der Waals surface area contributed by atoms with Crippen molar-refractivity contribution in [2.45, 2.75) is 44.8 Å². The summed E-state index contributed by atoms with van der Waals surface area (Å²) in [6, 6.07) is -0.303. The average molecular weight is 279 g/mol. The van der Waals surface area contributed by atoms with Crippen LogP contribution in [-0.4, -0.2) is 33.3 Å². The lowest BCUT2D eigenvalue weighted by Gasteiger charge is -2.42. The van der Waals surface area contributed by atoms with Crippen LogP contribution in [0.15, 0.2) is 11.7 Å². The predicted octanol–water partition coefficient (Wildman–Crippen LogP) is 1.16. The van der Waals surface area contributed by atoms with Crippen LogP contribution in [0.2, 0.25) is 0 Å². The monoisotopic (exact) mass is 279 g/mol. The zero-order valence-corrected chi connectivity index (χ0v) is 11.9. The van der Waals surface area contributed by atoms with Crippen LogP contribution >= 0.6 is 11.3 Å². The van der Waals surface area contributed by atoms with Crippen molar-refractivity contribution in [3.63, 3.8) is 0 Å². The third kappa shape index (κ3) is 2.25. The summed E-state index contributed by atoms with van der Waals surface area (Å²) in [4.78, 5) is 31.6. The molecule has 19 heavy (non-hydrogen) atoms. The van der Waals surface area contributed by atoms with E-state index in [9.17, 15) is 9.59 Å². The van der Waals surface area contributed by atoms with Crippen LogP contribution in [0.3, 0.4) is 0 Å². The molecule has 1 atom stereocenters. The predicted molar refractivity (Wildman–Crippen MR) is 71.4 cm³/mol. The van der Waals surface area contributed by atoms with Gasteiger partial charge in [-0.25, -0.2) is 0 Å². The highest BCUT2D eigenvalue weighted by Gasteiger charge is 2.50. The van der Waals surface area contributed by atoms with Crippen molar-refractivity contribution < 1.29 is 9.59 Å². The molecule has 5 nitrogen and oxygen atoms in total. The lowest BCUT2D eigenvalue weighted by atomic mass is 9.94. The fourth-order valence-corrected chi connectivity index (χ4v) is 3.19. The Kier molecular flexibility index (Phi) is 2.85. The van der Waals surface area contributed by atoms with Gasteiger partial charge in [-0.05, 0) is 32.6 Å². The quantitative estimate of drug-likeness (QED) is 0.903. The summed E-state index contributed by atoms with van der Waals surface area (Å²) >= 11 is 1.52. The van der Waals surface area contributed by atoms with Gasteiger partial charge >= 0.3 is 0 Å². The Morgan fingerprint density at radius 1 is 1.47 bits per heavy atom. The summed E-state index contributed by atoms with van der Waals surface area (Å²) < 4.78 is 0. The molecule has 1 aromatic rings. The third-order valence-electron chi connectivity index (χ3n) is 3.71. The van der Waals surface area contributed by atoms with Crippen molar-refractivity contribution in [1.29, 1.82) is 0 Å². The number of nitrogens with zero attached hydrogens (tertiary/aromatic N) is 2. The Morgan fingerprint density at radius 2 is 2.21 bits per heavy atom. The van der Waals surface area contributed by atoms with Gasteiger partial charge in [0.05, 0.1) is 12.1 Å². The van der Waals surface area contributed by atoms with E-state index in [2.05, 4.69) is 10.3 Å². The Bertz CT molecular complexity index is 508. The molecule has 0 aromatic carbocycles. The van der Waals surface area contributed by atoms with Gasteiger partial charge in [0.1, 0.15) is 11.6 Å². The van der Waals surface area contributed by atoms with E-state index in [1.807, 2.05) is 0 Å². The Balaban J connectivity index is 1.89. The zero-order valence-electron chi connectivity index (χ0n) is 11.0. The van der Waals surface area contributed by atoms with Gasteiger partial charge in [0.15, 0.2) is 0 Å². The maximum atomic E-state index is 12.6. The fourth-order valence-electron chi connectivity index (χ4n) is 2.60. The van der Waals surface area contributed by atoms with E-state index < -0.39 is 5.54 Å². The fraction of sp³-hybridized carbons (Fsp3) is 0.615. The molecular weight excluding hydrogens is 262 g/mol. The lowest BCUT2D eigenvalue weighted by Crippen LogP contribution is -2.68. The number of piperazine rings is 1. The molecule has 2 aliphatic rings. The molecule has 0 bridgehead atoms. The van der Waals surface area contributed by atoms with Crippen LogP contribution in [0.25, 0.3) is 0 Å². The van der Waals surface area contributed by atoms with Gasteiger partial charge in [-0.1, -0.05) is 0 Å². The van der Waals surface area contributed by atoms with Crippen LogP contribution in [0.5, 0.6) is 0 Å². The number of carbonyl (C=O) groups excluding carboxylic acids is 2. The summed E-state index contributed by atoms with van der Waals surface area (Å²) in [6.07, 6.45) is 3.83. The first-order chi connectivity index (χ1) is 8.99. The van der Waals surface area contributed by atoms with Crippen LogP contribution in [0, 0.1) is 5.92 Å². The minimum atomic E-state index is -0.812. The second-order valence-corrected chi connectivity index (χ2v) is 6.77. The number of rotatable bonds is 3. The smallest absolute Gasteiger partial charge is 0.248 e. The number of hydrogen-bond donors (Lipinski definition) is 1. The van der Waals surface area contributed by atoms with Crippen molar-refractivity contribution >= 4 is 23.2 Å². The molecule has 2 heterocycles. The first-order valence-corrected chi connectivity index (χ1v) is 7.37. The van der Waals surface area contributed by atoms with E-state index in [-0.39, 0.29) is 17.9 Å². The van der Waals surface area contributed by atoms with Crippen LogP contribution in [0.1, 0.15) is 31.6 Å². The van der Waals surface area contributed by atoms with E-state index in [4.69, 9.17) is 0 Å². The topological polar surface area (TPSA) is 62.3 Å². The number of amides is 2. The van der Waals surface area contributed by atoms with Gasteiger partial charge in [0.25, 0.3) is 0 Å². The van der Waals surface area contributed by atoms with Gasteiger partial charge in [-0.15, -0.1) is 11.3 Å². The van der Waals surface area contributed by atoms with Gasteiger partial charge in [-0.3, -0.25) is 14.6 Å². The standard InChI is InChI=1S/C13H17N3O2S/c1-13(2)12(18)16(6-9-5-14-7-19-9)10(8-3-4-8)11(17)15-13/h5,7-8,10H,3-4,6H2,1-2H3,(H,15,17). The molecule has 1 aliphatic heterocycles. The number of carbonyl (C=O) groups is 2. The molecule has 2 fully saturated rings. The van der Waals surface area contributed by atoms with Crippen molar-refractivity contribution in [2.75, 3.05) is 0 Å². The first kappa shape index (κ1) is 12.6. The second-order valence-electron chi connectivity index (χ2n) is 5.80. The molecule has 1 aliphatic carbocycles. The van der Waals surface area contributed by atoms with Crippen molar-refractivity contribution in [1.82, 2.24) is 15.2 Å². The Hall–Kier alpha value is -1.43. The second kappa shape index (κ2) is 4.30. The Morgan fingerprint density at radius 3 is 2.79 bits per heavy atom. The summed E-state index contributed by atoms with van der Waals surface area (Å²) in [6.45, 7) is 4.01. The van der Waals surface area contributed by atoms with Gasteiger partial charge in [-0.2, -0.15) is 0 Å². The molecule has 3 rings (SSSR count). The number of aromatic nitrogens is 1. The van der Waals surface area contributed by atoms with Crippen molar-refractivity contribution in [2.24, 2.45) is 5.92 Å². The Labute approximate surface area is 116 Å². The van der Waals surface area contributed by atoms with Gasteiger partial charge < -0.3 is 10.2 Å². The summed E-state index contributed by atoms with van der Waals surface area (Å²) in [5, 5.41) is 2.84. The number of nitrogens with one attached hydrogen (secondary N) is 1. The minimum Gasteiger partial charge on any atom is -0.340 e. The molecule has 0 radical (unpaired) electrons. The van der Waals surface area contributed by atoms with Crippen LogP contribution in [-0.2, 0) is 16.1 Å². The third-order valence-corrected chi connectivity index (χ3v) is 4.48. The molecule has 6 heteroatoms. The highest BCUT2D eigenvalue weighted by atomic mass is 32.1. The normalized spacial score (nSPS) is 26.4. The maximum absolute atomic E-state index is 12.6. The van der Waals surface area contributed by atoms with E-state index in [1.165, 1.54) is 11.3 Å². The van der Waals surface area contributed by atoms with E-state index in [1.54, 1.807) is 30.5 Å². The highest BCUT2D eigenvalue weighted by Crippen LogP contribution is 2.38. The highest BCUT2D eigenvalue weighted by molar-refractivity contribution is 7.09. The molecule has 2 amide bonds. The molecule has 1 unspecified atom stereocenters. The maximum Gasteiger partial charge on any atom is 0.248 e. The van der Waals surface area contributed by atoms with E-state index >= 15 is 0 Å². The van der Waals surface area contributed by atoms with Crippen LogP contribution in [0.4, 0.5) is 0 Å². The van der Waals surface area contributed by atoms with Gasteiger partial charge in [0.2, 0.25) is 11.8 Å². The van der Waals surface area contributed by atoms with Crippen molar-refractivity contribution in [3.05, 3.63) is 16.6 Å². The zero-order chi connectivity index (χ0) is 13.6. The number of hydrogen-bond acceptors (Lipinski definition) is 4. The molecule has 0 spiro atoms. The number of thiazole rings is 1. The van der Waals surface area contributed by atoms with Gasteiger partial charge in [0, 0.05) is 11.1 Å². The average Bonchev–Trinajstić information content (AvgIpc) is 3.02. The van der Waals surface area contributed by atoms with E-state index in [0.717, 1.165) is 17.7 Å². The largest absolute Gasteiger partial charge is 0.340 e. The SMILES string of the molecule is CC1(C)NC(=O)C(C2CC2)N(Cc2cncs2)C1=O. The summed E-state index contributed by atoms with van der Waals surface area (Å²) in [5.74, 6) is 0.307. The lowest BCUT2D eigenvalue weighted by molar-refractivity contribution is -0.155.